The Bertz CT molecular complexity index is 412. The zero-order valence-electron chi connectivity index (χ0n) is 11.4. The van der Waals surface area contributed by atoms with Crippen molar-refractivity contribution in [1.82, 2.24) is 9.97 Å². The fraction of sp³-hybridized carbons (Fsp3) is 0.571. The highest BCUT2D eigenvalue weighted by atomic mass is 16.5. The van der Waals surface area contributed by atoms with E-state index in [-0.39, 0.29) is 6.10 Å². The lowest BCUT2D eigenvalue weighted by Crippen LogP contribution is -2.14. The van der Waals surface area contributed by atoms with Crippen LogP contribution in [0.4, 0.5) is 5.82 Å². The van der Waals surface area contributed by atoms with Crippen LogP contribution in [0.2, 0.25) is 0 Å². The smallest absolute Gasteiger partial charge is 0.223 e. The van der Waals surface area contributed by atoms with Crippen LogP contribution in [0.15, 0.2) is 6.33 Å². The molecule has 0 amide bonds. The van der Waals surface area contributed by atoms with Crippen molar-refractivity contribution in [3.8, 4) is 18.2 Å². The minimum Gasteiger partial charge on any atom is -0.461 e. The minimum atomic E-state index is -0.283. The molecule has 18 heavy (non-hydrogen) atoms. The van der Waals surface area contributed by atoms with E-state index < -0.39 is 0 Å². The summed E-state index contributed by atoms with van der Waals surface area (Å²) in [7, 11) is 0. The van der Waals surface area contributed by atoms with Crippen LogP contribution < -0.4 is 10.1 Å². The van der Waals surface area contributed by atoms with E-state index in [9.17, 15) is 0 Å². The highest BCUT2D eigenvalue weighted by Gasteiger charge is 2.13. The van der Waals surface area contributed by atoms with Gasteiger partial charge in [0, 0.05) is 6.54 Å². The third kappa shape index (κ3) is 3.92. The molecule has 0 fully saturated rings. The fourth-order valence-corrected chi connectivity index (χ4v) is 1.57. The maximum Gasteiger partial charge on any atom is 0.223 e. The predicted octanol–water partition coefficient (Wildman–Crippen LogP) is 2.65. The topological polar surface area (TPSA) is 47.0 Å². The second kappa shape index (κ2) is 7.54. The number of ether oxygens (including phenoxy) is 1. The number of aromatic nitrogens is 2. The first-order valence-corrected chi connectivity index (χ1v) is 6.43. The van der Waals surface area contributed by atoms with Gasteiger partial charge in [0.25, 0.3) is 0 Å². The number of rotatable bonds is 7. The van der Waals surface area contributed by atoms with Crippen LogP contribution in [-0.2, 0) is 6.42 Å². The van der Waals surface area contributed by atoms with E-state index in [0.717, 1.165) is 37.2 Å². The van der Waals surface area contributed by atoms with E-state index >= 15 is 0 Å². The van der Waals surface area contributed by atoms with Gasteiger partial charge in [-0.15, -0.1) is 6.42 Å². The number of nitrogens with one attached hydrogen (secondary N) is 1. The normalized spacial score (nSPS) is 11.7. The molecule has 1 heterocycles. The summed E-state index contributed by atoms with van der Waals surface area (Å²) < 4.78 is 5.64. The zero-order chi connectivity index (χ0) is 13.4. The SMILES string of the molecule is C#CC(C)Oc1ncnc(NCCC)c1CCC. The Morgan fingerprint density at radius 1 is 1.39 bits per heavy atom. The molecule has 4 nitrogen and oxygen atoms in total. The minimum absolute atomic E-state index is 0.283. The Hall–Kier alpha value is -1.76. The highest BCUT2D eigenvalue weighted by molar-refractivity contribution is 5.48. The van der Waals surface area contributed by atoms with Crippen LogP contribution in [0.5, 0.6) is 5.88 Å². The van der Waals surface area contributed by atoms with Crippen molar-refractivity contribution in [2.45, 2.75) is 46.1 Å². The lowest BCUT2D eigenvalue weighted by atomic mass is 10.1. The molecule has 1 N–H and O–H groups in total. The Kier molecular flexibility index (Phi) is 5.99. The number of nitrogens with zero attached hydrogens (tertiary/aromatic N) is 2. The van der Waals surface area contributed by atoms with Crippen molar-refractivity contribution in [2.75, 3.05) is 11.9 Å². The van der Waals surface area contributed by atoms with Crippen molar-refractivity contribution in [3.05, 3.63) is 11.9 Å². The largest absolute Gasteiger partial charge is 0.461 e. The third-order valence-electron chi connectivity index (χ3n) is 2.47. The summed E-state index contributed by atoms with van der Waals surface area (Å²) in [5.74, 6) is 3.99. The summed E-state index contributed by atoms with van der Waals surface area (Å²) in [4.78, 5) is 8.46. The molecule has 0 aliphatic rings. The molecule has 0 radical (unpaired) electrons. The van der Waals surface area contributed by atoms with Crippen molar-refractivity contribution >= 4 is 5.82 Å². The Morgan fingerprint density at radius 2 is 2.17 bits per heavy atom. The molecule has 1 rings (SSSR count). The molecule has 0 aliphatic carbocycles. The maximum absolute atomic E-state index is 5.64. The molecule has 1 aromatic rings. The second-order valence-electron chi connectivity index (χ2n) is 4.11. The first-order valence-electron chi connectivity index (χ1n) is 6.43. The molecular weight excluding hydrogens is 226 g/mol. The van der Waals surface area contributed by atoms with Gasteiger partial charge < -0.3 is 10.1 Å². The van der Waals surface area contributed by atoms with Gasteiger partial charge in [-0.3, -0.25) is 0 Å². The quantitative estimate of drug-likeness (QED) is 0.752. The van der Waals surface area contributed by atoms with Crippen LogP contribution >= 0.6 is 0 Å². The molecular formula is C14H21N3O. The molecule has 0 saturated heterocycles. The predicted molar refractivity (Wildman–Crippen MR) is 73.7 cm³/mol. The van der Waals surface area contributed by atoms with Gasteiger partial charge >= 0.3 is 0 Å². The molecule has 1 atom stereocenters. The zero-order valence-corrected chi connectivity index (χ0v) is 11.4. The van der Waals surface area contributed by atoms with Crippen molar-refractivity contribution in [1.29, 1.82) is 0 Å². The van der Waals surface area contributed by atoms with Crippen LogP contribution in [0.1, 0.15) is 39.2 Å². The van der Waals surface area contributed by atoms with E-state index in [0.29, 0.717) is 5.88 Å². The molecule has 0 aliphatic heterocycles. The summed E-state index contributed by atoms with van der Waals surface area (Å²) in [6.45, 7) is 6.95. The van der Waals surface area contributed by atoms with E-state index in [2.05, 4.69) is 35.1 Å². The van der Waals surface area contributed by atoms with Crippen molar-refractivity contribution in [3.63, 3.8) is 0 Å². The van der Waals surface area contributed by atoms with Gasteiger partial charge in [-0.05, 0) is 19.8 Å². The number of anilines is 1. The van der Waals surface area contributed by atoms with Crippen LogP contribution in [0, 0.1) is 12.3 Å². The summed E-state index contributed by atoms with van der Waals surface area (Å²) in [5, 5.41) is 3.30. The van der Waals surface area contributed by atoms with Crippen LogP contribution in [-0.4, -0.2) is 22.6 Å². The summed E-state index contributed by atoms with van der Waals surface area (Å²) in [6.07, 6.45) is 9.49. The van der Waals surface area contributed by atoms with Crippen LogP contribution in [0.3, 0.4) is 0 Å². The van der Waals surface area contributed by atoms with Gasteiger partial charge in [-0.1, -0.05) is 26.2 Å². The monoisotopic (exact) mass is 247 g/mol. The van der Waals surface area contributed by atoms with Gasteiger partial charge in [0.1, 0.15) is 12.1 Å². The first kappa shape index (κ1) is 14.3. The lowest BCUT2D eigenvalue weighted by molar-refractivity contribution is 0.264. The molecule has 1 aromatic heterocycles. The Labute approximate surface area is 109 Å². The van der Waals surface area contributed by atoms with E-state index in [4.69, 9.17) is 11.2 Å². The number of terminal acetylenes is 1. The average Bonchev–Trinajstić information content (AvgIpc) is 2.39. The van der Waals surface area contributed by atoms with Crippen molar-refractivity contribution in [2.24, 2.45) is 0 Å². The van der Waals surface area contributed by atoms with E-state index in [1.165, 1.54) is 6.33 Å². The molecule has 0 spiro atoms. The highest BCUT2D eigenvalue weighted by Crippen LogP contribution is 2.24. The Morgan fingerprint density at radius 3 is 2.78 bits per heavy atom. The van der Waals surface area contributed by atoms with Gasteiger partial charge in [0.15, 0.2) is 6.10 Å². The number of hydrogen-bond donors (Lipinski definition) is 1. The van der Waals surface area contributed by atoms with Gasteiger partial charge in [-0.25, -0.2) is 9.97 Å². The number of hydrogen-bond acceptors (Lipinski definition) is 4. The Balaban J connectivity index is 2.97. The maximum atomic E-state index is 5.64. The van der Waals surface area contributed by atoms with Gasteiger partial charge in [0.2, 0.25) is 5.88 Å². The van der Waals surface area contributed by atoms with Crippen LogP contribution in [0.25, 0.3) is 0 Å². The fourth-order valence-electron chi connectivity index (χ4n) is 1.57. The molecule has 0 bridgehead atoms. The summed E-state index contributed by atoms with van der Waals surface area (Å²) in [6, 6.07) is 0. The van der Waals surface area contributed by atoms with Gasteiger partial charge in [0.05, 0.1) is 5.56 Å². The molecule has 0 saturated carbocycles. The second-order valence-corrected chi connectivity index (χ2v) is 4.11. The molecule has 98 valence electrons. The molecule has 1 unspecified atom stereocenters. The van der Waals surface area contributed by atoms with E-state index in [1.807, 2.05) is 6.92 Å². The molecule has 0 aromatic carbocycles. The standard InChI is InChI=1S/C14H21N3O/c1-5-8-12-13(15-9-6-2)16-10-17-14(12)18-11(4)7-3/h3,10-11H,5-6,8-9H2,1-2,4H3,(H,15,16,17). The molecule has 4 heteroatoms. The average molecular weight is 247 g/mol. The third-order valence-corrected chi connectivity index (χ3v) is 2.47. The van der Waals surface area contributed by atoms with Gasteiger partial charge in [-0.2, -0.15) is 0 Å². The summed E-state index contributed by atoms with van der Waals surface area (Å²) >= 11 is 0. The van der Waals surface area contributed by atoms with E-state index in [1.54, 1.807) is 0 Å². The lowest BCUT2D eigenvalue weighted by Gasteiger charge is -2.15. The van der Waals surface area contributed by atoms with Crippen molar-refractivity contribution < 1.29 is 4.74 Å². The first-order chi connectivity index (χ1) is 8.72. The summed E-state index contributed by atoms with van der Waals surface area (Å²) in [5.41, 5.74) is 1.01.